The van der Waals surface area contributed by atoms with Crippen LogP contribution in [0.3, 0.4) is 0 Å². The van der Waals surface area contributed by atoms with Gasteiger partial charge in [-0.2, -0.15) is 0 Å². The molecule has 19 heavy (non-hydrogen) atoms. The zero-order chi connectivity index (χ0) is 14.0. The van der Waals surface area contributed by atoms with E-state index in [1.807, 2.05) is 0 Å². The molecule has 98 valence electrons. The van der Waals surface area contributed by atoms with Crippen LogP contribution < -0.4 is 5.32 Å². The summed E-state index contributed by atoms with van der Waals surface area (Å²) >= 11 is 11.6. The lowest BCUT2D eigenvalue weighted by atomic mass is 10.2. The molecule has 0 saturated carbocycles. The standard InChI is InChI=1S/C13H8Cl2FNO2/c14-9-6-8(2-3-11(9)16)17-12-4-1-7(13(18)19)5-10(12)15/h1-6,17H,(H,18,19). The van der Waals surface area contributed by atoms with Crippen molar-refractivity contribution < 1.29 is 14.3 Å². The van der Waals surface area contributed by atoms with Crippen LogP contribution in [-0.2, 0) is 0 Å². The number of benzene rings is 2. The molecule has 6 heteroatoms. The number of halogens is 3. The molecular formula is C13H8Cl2FNO2. The Kier molecular flexibility index (Phi) is 3.93. The van der Waals surface area contributed by atoms with Gasteiger partial charge in [-0.15, -0.1) is 0 Å². The third kappa shape index (κ3) is 3.16. The van der Waals surface area contributed by atoms with Crippen molar-refractivity contribution in [2.75, 3.05) is 5.32 Å². The first-order chi connectivity index (χ1) is 8.97. The minimum Gasteiger partial charge on any atom is -0.478 e. The Morgan fingerprint density at radius 3 is 2.42 bits per heavy atom. The minimum absolute atomic E-state index is 0.0109. The van der Waals surface area contributed by atoms with Gasteiger partial charge in [0, 0.05) is 5.69 Å². The summed E-state index contributed by atoms with van der Waals surface area (Å²) in [4.78, 5) is 10.8. The number of carboxylic acid groups (broad SMARTS) is 1. The molecule has 0 saturated heterocycles. The Morgan fingerprint density at radius 1 is 1.11 bits per heavy atom. The maximum atomic E-state index is 13.0. The molecule has 0 fully saturated rings. The van der Waals surface area contributed by atoms with Crippen molar-refractivity contribution in [3.63, 3.8) is 0 Å². The number of anilines is 2. The molecule has 0 aromatic heterocycles. The van der Waals surface area contributed by atoms with Crippen molar-refractivity contribution in [1.82, 2.24) is 0 Å². The van der Waals surface area contributed by atoms with E-state index in [1.54, 1.807) is 0 Å². The van der Waals surface area contributed by atoms with Crippen molar-refractivity contribution in [2.45, 2.75) is 0 Å². The molecule has 2 rings (SSSR count). The first-order valence-corrected chi connectivity index (χ1v) is 5.98. The van der Waals surface area contributed by atoms with Gasteiger partial charge < -0.3 is 10.4 Å². The third-order valence-electron chi connectivity index (χ3n) is 2.41. The number of aromatic carboxylic acids is 1. The van der Waals surface area contributed by atoms with Gasteiger partial charge in [-0.25, -0.2) is 9.18 Å². The van der Waals surface area contributed by atoms with Crippen molar-refractivity contribution in [3.05, 3.63) is 57.8 Å². The number of hydrogen-bond acceptors (Lipinski definition) is 2. The minimum atomic E-state index is -1.06. The van der Waals surface area contributed by atoms with E-state index in [1.165, 1.54) is 36.4 Å². The van der Waals surface area contributed by atoms with Crippen LogP contribution in [0.1, 0.15) is 10.4 Å². The molecule has 2 aromatic carbocycles. The van der Waals surface area contributed by atoms with Gasteiger partial charge in [0.05, 0.1) is 21.3 Å². The zero-order valence-electron chi connectivity index (χ0n) is 9.45. The molecule has 0 radical (unpaired) electrons. The molecule has 0 bridgehead atoms. The van der Waals surface area contributed by atoms with E-state index in [0.29, 0.717) is 11.4 Å². The molecule has 0 aliphatic heterocycles. The van der Waals surface area contributed by atoms with Crippen LogP contribution in [-0.4, -0.2) is 11.1 Å². The second-order valence-corrected chi connectivity index (χ2v) is 4.57. The van der Waals surface area contributed by atoms with Crippen LogP contribution in [0.4, 0.5) is 15.8 Å². The maximum Gasteiger partial charge on any atom is 0.335 e. The Bertz CT molecular complexity index is 647. The van der Waals surface area contributed by atoms with E-state index < -0.39 is 11.8 Å². The van der Waals surface area contributed by atoms with Gasteiger partial charge in [-0.05, 0) is 36.4 Å². The lowest BCUT2D eigenvalue weighted by molar-refractivity contribution is 0.0697. The van der Waals surface area contributed by atoms with E-state index in [2.05, 4.69) is 5.32 Å². The van der Waals surface area contributed by atoms with Crippen LogP contribution in [0.15, 0.2) is 36.4 Å². The molecule has 0 spiro atoms. The molecule has 0 amide bonds. The predicted octanol–water partition coefficient (Wildman–Crippen LogP) is 4.57. The summed E-state index contributed by atoms with van der Waals surface area (Å²) in [6, 6.07) is 8.42. The second-order valence-electron chi connectivity index (χ2n) is 3.75. The highest BCUT2D eigenvalue weighted by molar-refractivity contribution is 6.33. The van der Waals surface area contributed by atoms with E-state index in [9.17, 15) is 9.18 Å². The molecule has 0 heterocycles. The van der Waals surface area contributed by atoms with E-state index in [-0.39, 0.29) is 15.6 Å². The number of hydrogen-bond donors (Lipinski definition) is 2. The highest BCUT2D eigenvalue weighted by atomic mass is 35.5. The fourth-order valence-electron chi connectivity index (χ4n) is 1.48. The third-order valence-corrected chi connectivity index (χ3v) is 3.02. The first-order valence-electron chi connectivity index (χ1n) is 5.22. The fraction of sp³-hybridized carbons (Fsp3) is 0. The maximum absolute atomic E-state index is 13.0. The monoisotopic (exact) mass is 299 g/mol. The molecule has 0 atom stereocenters. The largest absolute Gasteiger partial charge is 0.478 e. The van der Waals surface area contributed by atoms with Crippen LogP contribution in [0.2, 0.25) is 10.0 Å². The SMILES string of the molecule is O=C(O)c1ccc(Nc2ccc(F)c(Cl)c2)c(Cl)c1. The van der Waals surface area contributed by atoms with Crippen molar-refractivity contribution in [3.8, 4) is 0 Å². The Hall–Kier alpha value is -1.78. The molecule has 2 N–H and O–H groups in total. The van der Waals surface area contributed by atoms with Crippen molar-refractivity contribution >= 4 is 40.5 Å². The smallest absolute Gasteiger partial charge is 0.335 e. The van der Waals surface area contributed by atoms with Gasteiger partial charge in [-0.1, -0.05) is 23.2 Å². The first kappa shape index (κ1) is 13.6. The second kappa shape index (κ2) is 5.47. The van der Waals surface area contributed by atoms with Crippen LogP contribution in [0, 0.1) is 5.82 Å². The van der Waals surface area contributed by atoms with Gasteiger partial charge >= 0.3 is 5.97 Å². The molecule has 0 unspecified atom stereocenters. The fourth-order valence-corrected chi connectivity index (χ4v) is 1.89. The van der Waals surface area contributed by atoms with Crippen LogP contribution >= 0.6 is 23.2 Å². The molecular weight excluding hydrogens is 292 g/mol. The average Bonchev–Trinajstić information content (AvgIpc) is 2.36. The summed E-state index contributed by atoms with van der Waals surface area (Å²) in [7, 11) is 0. The summed E-state index contributed by atoms with van der Waals surface area (Å²) in [5, 5.41) is 12.0. The molecule has 2 aromatic rings. The summed E-state index contributed by atoms with van der Waals surface area (Å²) in [6.07, 6.45) is 0. The summed E-state index contributed by atoms with van der Waals surface area (Å²) in [5.74, 6) is -1.57. The van der Waals surface area contributed by atoms with E-state index in [0.717, 1.165) is 0 Å². The van der Waals surface area contributed by atoms with Crippen LogP contribution in [0.5, 0.6) is 0 Å². The van der Waals surface area contributed by atoms with Crippen molar-refractivity contribution in [1.29, 1.82) is 0 Å². The lowest BCUT2D eigenvalue weighted by Gasteiger charge is -2.09. The Balaban J connectivity index is 2.28. The molecule has 0 aliphatic rings. The topological polar surface area (TPSA) is 49.3 Å². The van der Waals surface area contributed by atoms with Gasteiger partial charge in [0.2, 0.25) is 0 Å². The quantitative estimate of drug-likeness (QED) is 0.872. The number of carboxylic acids is 1. The lowest BCUT2D eigenvalue weighted by Crippen LogP contribution is -1.98. The zero-order valence-corrected chi connectivity index (χ0v) is 11.0. The highest BCUT2D eigenvalue weighted by Gasteiger charge is 2.08. The summed E-state index contributed by atoms with van der Waals surface area (Å²) < 4.78 is 13.0. The predicted molar refractivity (Wildman–Crippen MR) is 73.1 cm³/mol. The number of nitrogens with one attached hydrogen (secondary N) is 1. The van der Waals surface area contributed by atoms with E-state index >= 15 is 0 Å². The van der Waals surface area contributed by atoms with Gasteiger partial charge in [0.1, 0.15) is 5.82 Å². The van der Waals surface area contributed by atoms with Gasteiger partial charge in [-0.3, -0.25) is 0 Å². The summed E-state index contributed by atoms with van der Waals surface area (Å²) in [6.45, 7) is 0. The number of rotatable bonds is 3. The Morgan fingerprint density at radius 2 is 1.84 bits per heavy atom. The van der Waals surface area contributed by atoms with E-state index in [4.69, 9.17) is 28.3 Å². The molecule has 3 nitrogen and oxygen atoms in total. The average molecular weight is 300 g/mol. The van der Waals surface area contributed by atoms with Crippen molar-refractivity contribution in [2.24, 2.45) is 0 Å². The van der Waals surface area contributed by atoms with Crippen LogP contribution in [0.25, 0.3) is 0 Å². The highest BCUT2D eigenvalue weighted by Crippen LogP contribution is 2.28. The van der Waals surface area contributed by atoms with Gasteiger partial charge in [0.25, 0.3) is 0 Å². The Labute approximate surface area is 118 Å². The number of carbonyl (C=O) groups is 1. The summed E-state index contributed by atoms with van der Waals surface area (Å²) in [5.41, 5.74) is 1.15. The molecule has 0 aliphatic carbocycles. The van der Waals surface area contributed by atoms with Gasteiger partial charge in [0.15, 0.2) is 0 Å². The normalized spacial score (nSPS) is 10.3.